The highest BCUT2D eigenvalue weighted by Gasteiger charge is 2.05. The molecular weight excluding hydrogens is 312 g/mol. The Morgan fingerprint density at radius 3 is 2.72 bits per heavy atom. The third-order valence-electron chi connectivity index (χ3n) is 4.09. The minimum Gasteiger partial charge on any atom is -0.395 e. The molecule has 0 amide bonds. The van der Waals surface area contributed by atoms with Gasteiger partial charge in [-0.25, -0.2) is 9.97 Å². The van der Waals surface area contributed by atoms with Crippen LogP contribution in [0.3, 0.4) is 0 Å². The second kappa shape index (κ2) is 6.75. The fraction of sp³-hybridized carbons (Fsp3) is 0.100. The molecule has 2 heterocycles. The number of aliphatic hydroxyl groups excluding tert-OH is 1. The van der Waals surface area contributed by atoms with Crippen molar-refractivity contribution in [2.24, 2.45) is 0 Å². The first-order chi connectivity index (χ1) is 12.3. The fourth-order valence-electron chi connectivity index (χ4n) is 2.90. The van der Waals surface area contributed by atoms with Crippen LogP contribution in [0.4, 0.5) is 11.6 Å². The van der Waals surface area contributed by atoms with Crippen molar-refractivity contribution >= 4 is 22.5 Å². The number of hydrogen-bond donors (Lipinski definition) is 2. The molecule has 0 saturated heterocycles. The van der Waals surface area contributed by atoms with Crippen molar-refractivity contribution in [2.75, 3.05) is 11.9 Å². The van der Waals surface area contributed by atoms with Crippen LogP contribution in [0.15, 0.2) is 73.1 Å². The molecule has 2 aromatic carbocycles. The average molecular weight is 330 g/mol. The number of fused-ring (bicyclic) bond motifs is 1. The second-order valence-corrected chi connectivity index (χ2v) is 5.76. The molecule has 4 aromatic rings. The van der Waals surface area contributed by atoms with Crippen molar-refractivity contribution in [1.82, 2.24) is 14.5 Å². The lowest BCUT2D eigenvalue weighted by molar-refractivity contribution is 0.278. The van der Waals surface area contributed by atoms with E-state index >= 15 is 0 Å². The molecule has 4 rings (SSSR count). The average Bonchev–Trinajstić information content (AvgIpc) is 3.05. The Morgan fingerprint density at radius 1 is 1.00 bits per heavy atom. The maximum atomic E-state index is 9.12. The van der Waals surface area contributed by atoms with Gasteiger partial charge in [0.15, 0.2) is 0 Å². The molecule has 0 atom stereocenters. The van der Waals surface area contributed by atoms with Gasteiger partial charge in [-0.15, -0.1) is 0 Å². The SMILES string of the molecule is OCCn1ccc2cc(Nc3nccc(-c4ccccc4)n3)ccc21. The fourth-order valence-corrected chi connectivity index (χ4v) is 2.90. The van der Waals surface area contributed by atoms with Crippen molar-refractivity contribution in [3.63, 3.8) is 0 Å². The number of benzene rings is 2. The quantitative estimate of drug-likeness (QED) is 0.584. The number of rotatable bonds is 5. The minimum absolute atomic E-state index is 0.129. The zero-order chi connectivity index (χ0) is 17.1. The van der Waals surface area contributed by atoms with Gasteiger partial charge in [-0.1, -0.05) is 30.3 Å². The summed E-state index contributed by atoms with van der Waals surface area (Å²) in [5.41, 5.74) is 3.97. The van der Waals surface area contributed by atoms with Crippen LogP contribution >= 0.6 is 0 Å². The first kappa shape index (κ1) is 15.4. The smallest absolute Gasteiger partial charge is 0.227 e. The predicted molar refractivity (Wildman–Crippen MR) is 99.8 cm³/mol. The zero-order valence-corrected chi connectivity index (χ0v) is 13.6. The van der Waals surface area contributed by atoms with E-state index in [4.69, 9.17) is 5.11 Å². The van der Waals surface area contributed by atoms with Crippen molar-refractivity contribution < 1.29 is 5.11 Å². The molecule has 0 unspecified atom stereocenters. The van der Waals surface area contributed by atoms with E-state index < -0.39 is 0 Å². The van der Waals surface area contributed by atoms with Crippen LogP contribution in [0.1, 0.15) is 0 Å². The number of aromatic nitrogens is 3. The Morgan fingerprint density at radius 2 is 1.88 bits per heavy atom. The lowest BCUT2D eigenvalue weighted by atomic mass is 10.1. The highest BCUT2D eigenvalue weighted by Crippen LogP contribution is 2.23. The van der Waals surface area contributed by atoms with Crippen molar-refractivity contribution in [2.45, 2.75) is 6.54 Å². The Hall–Kier alpha value is -3.18. The number of nitrogens with one attached hydrogen (secondary N) is 1. The third-order valence-corrected chi connectivity index (χ3v) is 4.09. The van der Waals surface area contributed by atoms with Crippen LogP contribution in [0, 0.1) is 0 Å². The topological polar surface area (TPSA) is 63.0 Å². The van der Waals surface area contributed by atoms with Crippen molar-refractivity contribution in [3.05, 3.63) is 73.1 Å². The molecule has 0 fully saturated rings. The van der Waals surface area contributed by atoms with E-state index in [1.807, 2.05) is 65.4 Å². The van der Waals surface area contributed by atoms with Crippen LogP contribution in [-0.2, 0) is 6.54 Å². The summed E-state index contributed by atoms with van der Waals surface area (Å²) in [4.78, 5) is 8.91. The van der Waals surface area contributed by atoms with Gasteiger partial charge in [0.25, 0.3) is 0 Å². The van der Waals surface area contributed by atoms with Crippen LogP contribution in [0.25, 0.3) is 22.2 Å². The lowest BCUT2D eigenvalue weighted by Gasteiger charge is -2.08. The molecule has 0 bridgehead atoms. The predicted octanol–water partition coefficient (Wildman–Crippen LogP) is 3.83. The van der Waals surface area contributed by atoms with Crippen LogP contribution < -0.4 is 5.32 Å². The summed E-state index contributed by atoms with van der Waals surface area (Å²) in [7, 11) is 0. The van der Waals surface area contributed by atoms with E-state index in [9.17, 15) is 0 Å². The number of nitrogens with zero attached hydrogens (tertiary/aromatic N) is 3. The standard InChI is InChI=1S/C20H18N4O/c25-13-12-24-11-9-16-14-17(6-7-19(16)24)22-20-21-10-8-18(23-20)15-4-2-1-3-5-15/h1-11,14,25H,12-13H2,(H,21,22,23). The van der Waals surface area contributed by atoms with Gasteiger partial charge < -0.3 is 15.0 Å². The van der Waals surface area contributed by atoms with Crippen LogP contribution in [-0.4, -0.2) is 26.2 Å². The minimum atomic E-state index is 0.129. The Labute approximate surface area is 145 Å². The molecule has 2 N–H and O–H groups in total. The van der Waals surface area contributed by atoms with Gasteiger partial charge in [0, 0.05) is 41.1 Å². The lowest BCUT2D eigenvalue weighted by Crippen LogP contribution is -2.00. The molecule has 5 nitrogen and oxygen atoms in total. The maximum Gasteiger partial charge on any atom is 0.227 e. The summed E-state index contributed by atoms with van der Waals surface area (Å²) in [6.07, 6.45) is 3.74. The van der Waals surface area contributed by atoms with E-state index in [2.05, 4.69) is 21.4 Å². The molecule has 124 valence electrons. The first-order valence-corrected chi connectivity index (χ1v) is 8.19. The Bertz CT molecular complexity index is 995. The first-order valence-electron chi connectivity index (χ1n) is 8.19. The summed E-state index contributed by atoms with van der Waals surface area (Å²) < 4.78 is 2.03. The summed E-state index contributed by atoms with van der Waals surface area (Å²) >= 11 is 0. The van der Waals surface area contributed by atoms with Gasteiger partial charge in [0.2, 0.25) is 5.95 Å². The third kappa shape index (κ3) is 3.22. The molecule has 2 aromatic heterocycles. The van der Waals surface area contributed by atoms with E-state index in [1.54, 1.807) is 6.20 Å². The van der Waals surface area contributed by atoms with Crippen molar-refractivity contribution in [3.8, 4) is 11.3 Å². The molecule has 0 spiro atoms. The van der Waals surface area contributed by atoms with Crippen molar-refractivity contribution in [1.29, 1.82) is 0 Å². The molecule has 0 radical (unpaired) electrons. The summed E-state index contributed by atoms with van der Waals surface area (Å²) in [5, 5.41) is 13.5. The van der Waals surface area contributed by atoms with E-state index in [1.165, 1.54) is 0 Å². The molecule has 0 aliphatic heterocycles. The molecular formula is C20H18N4O. The molecule has 25 heavy (non-hydrogen) atoms. The van der Waals surface area contributed by atoms with Gasteiger partial charge in [0.1, 0.15) is 0 Å². The molecule has 0 aliphatic carbocycles. The largest absolute Gasteiger partial charge is 0.395 e. The highest BCUT2D eigenvalue weighted by molar-refractivity contribution is 5.84. The normalized spacial score (nSPS) is 10.9. The van der Waals surface area contributed by atoms with Crippen LogP contribution in [0.5, 0.6) is 0 Å². The molecule has 0 saturated carbocycles. The van der Waals surface area contributed by atoms with Gasteiger partial charge in [-0.3, -0.25) is 0 Å². The number of anilines is 2. The zero-order valence-electron chi connectivity index (χ0n) is 13.6. The summed E-state index contributed by atoms with van der Waals surface area (Å²) in [6, 6.07) is 20.1. The molecule has 0 aliphatic rings. The second-order valence-electron chi connectivity index (χ2n) is 5.76. The van der Waals surface area contributed by atoms with Gasteiger partial charge in [0.05, 0.1) is 12.3 Å². The van der Waals surface area contributed by atoms with Gasteiger partial charge >= 0.3 is 0 Å². The highest BCUT2D eigenvalue weighted by atomic mass is 16.3. The Balaban J connectivity index is 1.61. The summed E-state index contributed by atoms with van der Waals surface area (Å²) in [6.45, 7) is 0.725. The summed E-state index contributed by atoms with van der Waals surface area (Å²) in [5.74, 6) is 0.565. The number of aliphatic hydroxyl groups is 1. The Kier molecular flexibility index (Phi) is 4.14. The van der Waals surface area contributed by atoms with Crippen LogP contribution in [0.2, 0.25) is 0 Å². The monoisotopic (exact) mass is 330 g/mol. The van der Waals surface area contributed by atoms with Gasteiger partial charge in [-0.05, 0) is 30.3 Å². The maximum absolute atomic E-state index is 9.12. The van der Waals surface area contributed by atoms with E-state index in [0.717, 1.165) is 27.8 Å². The van der Waals surface area contributed by atoms with E-state index in [0.29, 0.717) is 12.5 Å². The van der Waals surface area contributed by atoms with E-state index in [-0.39, 0.29) is 6.61 Å². The molecule has 5 heteroatoms. The number of hydrogen-bond acceptors (Lipinski definition) is 4. The van der Waals surface area contributed by atoms with Gasteiger partial charge in [-0.2, -0.15) is 0 Å².